The Labute approximate surface area is 110 Å². The highest BCUT2D eigenvalue weighted by molar-refractivity contribution is 7.84. The van der Waals surface area contributed by atoms with Crippen molar-refractivity contribution in [2.75, 3.05) is 19.9 Å². The Kier molecular flexibility index (Phi) is 6.29. The van der Waals surface area contributed by atoms with Crippen LogP contribution in [0.2, 0.25) is 0 Å². The van der Waals surface area contributed by atoms with Gasteiger partial charge in [0.2, 0.25) is 0 Å². The van der Waals surface area contributed by atoms with Crippen LogP contribution in [0.1, 0.15) is 18.9 Å². The lowest BCUT2D eigenvalue weighted by Gasteiger charge is -2.10. The molecule has 3 nitrogen and oxygen atoms in total. The monoisotopic (exact) mass is 273 g/mol. The number of nitrogens with one attached hydrogen (secondary N) is 1. The fourth-order valence-corrected chi connectivity index (χ4v) is 1.99. The maximum absolute atomic E-state index is 13.8. The summed E-state index contributed by atoms with van der Waals surface area (Å²) in [6.45, 7) is 3.12. The van der Waals surface area contributed by atoms with Crippen LogP contribution in [0.3, 0.4) is 0 Å². The molecule has 0 aliphatic carbocycles. The van der Waals surface area contributed by atoms with Crippen molar-refractivity contribution in [1.29, 1.82) is 0 Å². The van der Waals surface area contributed by atoms with Crippen molar-refractivity contribution in [3.8, 4) is 5.75 Å². The smallest absolute Gasteiger partial charge is 0.169 e. The minimum absolute atomic E-state index is 0.160. The average Bonchev–Trinajstić information content (AvgIpc) is 2.35. The Morgan fingerprint density at radius 3 is 2.83 bits per heavy atom. The molecule has 0 saturated heterocycles. The third-order valence-corrected chi connectivity index (χ3v) is 4.24. The Morgan fingerprint density at radius 2 is 2.22 bits per heavy atom. The molecule has 102 valence electrons. The third-order valence-electron chi connectivity index (χ3n) is 2.87. The second-order valence-corrected chi connectivity index (χ2v) is 6.01. The molecule has 1 aromatic carbocycles. The first kappa shape index (κ1) is 15.1. The van der Waals surface area contributed by atoms with Crippen LogP contribution in [0.5, 0.6) is 5.75 Å². The number of methoxy groups -OCH3 is 1. The second-order valence-electron chi connectivity index (χ2n) is 4.21. The zero-order valence-corrected chi connectivity index (χ0v) is 11.8. The van der Waals surface area contributed by atoms with Gasteiger partial charge < -0.3 is 10.1 Å². The summed E-state index contributed by atoms with van der Waals surface area (Å²) in [7, 11) is 0.650. The van der Waals surface area contributed by atoms with Gasteiger partial charge in [0.15, 0.2) is 11.6 Å². The molecular weight excluding hydrogens is 253 g/mol. The lowest BCUT2D eigenvalue weighted by Crippen LogP contribution is -2.21. The Bertz CT molecular complexity index is 412. The Hall–Kier alpha value is -0.940. The SMILES string of the molecule is COc1cccc(CNCCC(C)S(C)=O)c1F. The number of benzene rings is 1. The molecule has 0 bridgehead atoms. The summed E-state index contributed by atoms with van der Waals surface area (Å²) >= 11 is 0. The molecular formula is C13H20FNO2S. The van der Waals surface area contributed by atoms with Crippen LogP contribution in [0.25, 0.3) is 0 Å². The first-order chi connectivity index (χ1) is 8.56. The van der Waals surface area contributed by atoms with Crippen LogP contribution in [-0.4, -0.2) is 29.4 Å². The van der Waals surface area contributed by atoms with Gasteiger partial charge in [-0.2, -0.15) is 0 Å². The maximum Gasteiger partial charge on any atom is 0.169 e. The molecule has 1 N–H and O–H groups in total. The van der Waals surface area contributed by atoms with Crippen LogP contribution in [0.4, 0.5) is 4.39 Å². The summed E-state index contributed by atoms with van der Waals surface area (Å²) in [6, 6.07) is 5.09. The number of rotatable bonds is 7. The standard InChI is InChI=1S/C13H20FNO2S/c1-10(18(3)16)7-8-15-9-11-5-4-6-12(17-2)13(11)14/h4-6,10,15H,7-9H2,1-3H3. The molecule has 0 aromatic heterocycles. The normalized spacial score (nSPS) is 14.2. The second kappa shape index (κ2) is 7.48. The molecule has 0 radical (unpaired) electrons. The first-order valence-electron chi connectivity index (χ1n) is 5.90. The van der Waals surface area contributed by atoms with Gasteiger partial charge in [0.25, 0.3) is 0 Å². The van der Waals surface area contributed by atoms with Gasteiger partial charge >= 0.3 is 0 Å². The highest BCUT2D eigenvalue weighted by atomic mass is 32.2. The lowest BCUT2D eigenvalue weighted by molar-refractivity contribution is 0.383. The van der Waals surface area contributed by atoms with E-state index < -0.39 is 10.8 Å². The summed E-state index contributed by atoms with van der Waals surface area (Å²) in [5.41, 5.74) is 0.583. The predicted octanol–water partition coefficient (Wildman–Crippen LogP) is 2.08. The predicted molar refractivity (Wildman–Crippen MR) is 72.8 cm³/mol. The molecule has 0 spiro atoms. The Morgan fingerprint density at radius 1 is 1.50 bits per heavy atom. The summed E-state index contributed by atoms with van der Waals surface area (Å²) < 4.78 is 29.8. The minimum atomic E-state index is -0.802. The van der Waals surface area contributed by atoms with E-state index in [1.807, 2.05) is 6.92 Å². The molecule has 18 heavy (non-hydrogen) atoms. The van der Waals surface area contributed by atoms with E-state index in [0.717, 1.165) is 13.0 Å². The first-order valence-corrected chi connectivity index (χ1v) is 7.52. The van der Waals surface area contributed by atoms with E-state index in [9.17, 15) is 8.60 Å². The molecule has 0 aliphatic rings. The van der Waals surface area contributed by atoms with E-state index in [2.05, 4.69) is 5.32 Å². The topological polar surface area (TPSA) is 38.3 Å². The van der Waals surface area contributed by atoms with Gasteiger partial charge in [0, 0.05) is 34.4 Å². The van der Waals surface area contributed by atoms with Crippen LogP contribution in [0.15, 0.2) is 18.2 Å². The van der Waals surface area contributed by atoms with E-state index in [-0.39, 0.29) is 16.8 Å². The molecule has 2 atom stereocenters. The van der Waals surface area contributed by atoms with Crippen molar-refractivity contribution in [3.63, 3.8) is 0 Å². The van der Waals surface area contributed by atoms with Gasteiger partial charge in [-0.15, -0.1) is 0 Å². The fourth-order valence-electron chi connectivity index (χ4n) is 1.54. The fraction of sp³-hybridized carbons (Fsp3) is 0.538. The molecule has 0 amide bonds. The van der Waals surface area contributed by atoms with Crippen molar-refractivity contribution in [3.05, 3.63) is 29.6 Å². The third kappa shape index (κ3) is 4.38. The van der Waals surface area contributed by atoms with E-state index in [1.54, 1.807) is 24.5 Å². The molecule has 1 rings (SSSR count). The number of hydrogen-bond donors (Lipinski definition) is 1. The van der Waals surface area contributed by atoms with Gasteiger partial charge in [-0.3, -0.25) is 4.21 Å². The van der Waals surface area contributed by atoms with E-state index in [4.69, 9.17) is 4.74 Å². The largest absolute Gasteiger partial charge is 0.494 e. The van der Waals surface area contributed by atoms with Crippen molar-refractivity contribution in [2.24, 2.45) is 0 Å². The van der Waals surface area contributed by atoms with E-state index >= 15 is 0 Å². The summed E-state index contributed by atoms with van der Waals surface area (Å²) in [6.07, 6.45) is 2.51. The van der Waals surface area contributed by atoms with Gasteiger partial charge in [-0.1, -0.05) is 19.1 Å². The number of halogens is 1. The van der Waals surface area contributed by atoms with Gasteiger partial charge in [-0.25, -0.2) is 4.39 Å². The number of hydrogen-bond acceptors (Lipinski definition) is 3. The van der Waals surface area contributed by atoms with Crippen molar-refractivity contribution >= 4 is 10.8 Å². The molecule has 0 fully saturated rings. The van der Waals surface area contributed by atoms with Crippen LogP contribution >= 0.6 is 0 Å². The Balaban J connectivity index is 2.42. The molecule has 2 unspecified atom stereocenters. The minimum Gasteiger partial charge on any atom is -0.494 e. The van der Waals surface area contributed by atoms with Crippen molar-refractivity contribution in [2.45, 2.75) is 25.1 Å². The molecule has 0 heterocycles. The highest BCUT2D eigenvalue weighted by Crippen LogP contribution is 2.19. The summed E-state index contributed by atoms with van der Waals surface area (Å²) in [5.74, 6) is -0.0584. The lowest BCUT2D eigenvalue weighted by atomic mass is 10.2. The van der Waals surface area contributed by atoms with Crippen molar-refractivity contribution < 1.29 is 13.3 Å². The molecule has 0 saturated carbocycles. The van der Waals surface area contributed by atoms with Crippen LogP contribution < -0.4 is 10.1 Å². The van der Waals surface area contributed by atoms with E-state index in [0.29, 0.717) is 12.1 Å². The molecule has 1 aromatic rings. The van der Waals surface area contributed by atoms with E-state index in [1.165, 1.54) is 7.11 Å². The van der Waals surface area contributed by atoms with Gasteiger partial charge in [-0.05, 0) is 19.0 Å². The molecule has 0 aliphatic heterocycles. The summed E-state index contributed by atoms with van der Waals surface area (Å²) in [5, 5.41) is 3.31. The van der Waals surface area contributed by atoms with Gasteiger partial charge in [0.1, 0.15) is 0 Å². The molecule has 5 heteroatoms. The summed E-state index contributed by atoms with van der Waals surface area (Å²) in [4.78, 5) is 0. The quantitative estimate of drug-likeness (QED) is 0.773. The van der Waals surface area contributed by atoms with Gasteiger partial charge in [0.05, 0.1) is 7.11 Å². The van der Waals surface area contributed by atoms with Crippen LogP contribution in [-0.2, 0) is 17.3 Å². The zero-order valence-electron chi connectivity index (χ0n) is 11.0. The maximum atomic E-state index is 13.8. The van der Waals surface area contributed by atoms with Crippen molar-refractivity contribution in [1.82, 2.24) is 5.32 Å². The number of ether oxygens (including phenoxy) is 1. The average molecular weight is 273 g/mol. The highest BCUT2D eigenvalue weighted by Gasteiger charge is 2.08. The zero-order chi connectivity index (χ0) is 13.5. The van der Waals surface area contributed by atoms with Crippen LogP contribution in [0, 0.1) is 5.82 Å².